The molecule has 1 amide bonds. The van der Waals surface area contributed by atoms with Gasteiger partial charge in [-0.15, -0.1) is 0 Å². The molecule has 0 unspecified atom stereocenters. The third-order valence-corrected chi connectivity index (χ3v) is 2.64. The first kappa shape index (κ1) is 12.8. The first-order chi connectivity index (χ1) is 7.79. The van der Waals surface area contributed by atoms with E-state index in [1.54, 1.807) is 30.2 Å². The average molecular weight is 239 g/mol. The molecule has 88 valence electrons. The van der Waals surface area contributed by atoms with Crippen LogP contribution in [0.1, 0.15) is 17.3 Å². The highest BCUT2D eigenvalue weighted by Crippen LogP contribution is 2.12. The Bertz CT molecular complexity index is 344. The van der Waals surface area contributed by atoms with E-state index in [9.17, 15) is 4.79 Å². The number of aromatic nitrogens is 1. The van der Waals surface area contributed by atoms with Crippen molar-refractivity contribution in [1.82, 2.24) is 10.3 Å². The van der Waals surface area contributed by atoms with E-state index < -0.39 is 0 Å². The van der Waals surface area contributed by atoms with Crippen molar-refractivity contribution in [2.75, 3.05) is 30.4 Å². The van der Waals surface area contributed by atoms with E-state index in [2.05, 4.69) is 15.6 Å². The van der Waals surface area contributed by atoms with Crippen LogP contribution in [0.25, 0.3) is 0 Å². The summed E-state index contributed by atoms with van der Waals surface area (Å²) in [4.78, 5) is 15.8. The molecule has 0 aliphatic heterocycles. The van der Waals surface area contributed by atoms with Crippen LogP contribution < -0.4 is 10.6 Å². The molecule has 0 spiro atoms. The fourth-order valence-electron chi connectivity index (χ4n) is 1.29. The second kappa shape index (κ2) is 7.11. The Morgan fingerprint density at radius 3 is 3.06 bits per heavy atom. The molecule has 0 atom stereocenters. The summed E-state index contributed by atoms with van der Waals surface area (Å²) < 4.78 is 0. The van der Waals surface area contributed by atoms with E-state index >= 15 is 0 Å². The highest BCUT2D eigenvalue weighted by Gasteiger charge is 2.09. The second-order valence-electron chi connectivity index (χ2n) is 3.20. The molecule has 0 aliphatic rings. The molecule has 0 fully saturated rings. The van der Waals surface area contributed by atoms with Gasteiger partial charge in [-0.1, -0.05) is 0 Å². The third kappa shape index (κ3) is 3.73. The van der Waals surface area contributed by atoms with Crippen LogP contribution in [-0.4, -0.2) is 36.0 Å². The third-order valence-electron chi connectivity index (χ3n) is 2.02. The van der Waals surface area contributed by atoms with Gasteiger partial charge in [0.15, 0.2) is 0 Å². The quantitative estimate of drug-likeness (QED) is 0.740. The van der Waals surface area contributed by atoms with Crippen LogP contribution in [-0.2, 0) is 0 Å². The lowest BCUT2D eigenvalue weighted by atomic mass is 10.2. The van der Waals surface area contributed by atoms with E-state index in [0.29, 0.717) is 12.1 Å². The van der Waals surface area contributed by atoms with E-state index in [-0.39, 0.29) is 5.91 Å². The number of carbonyl (C=O) groups is 1. The summed E-state index contributed by atoms with van der Waals surface area (Å²) >= 11 is 1.71. The molecule has 0 saturated heterocycles. The summed E-state index contributed by atoms with van der Waals surface area (Å²) in [6.45, 7) is 3.45. The van der Waals surface area contributed by atoms with Crippen molar-refractivity contribution >= 4 is 23.4 Å². The number of nitrogens with zero attached hydrogens (tertiary/aromatic N) is 1. The topological polar surface area (TPSA) is 54.0 Å². The largest absolute Gasteiger partial charge is 0.383 e. The minimum atomic E-state index is -0.0487. The first-order valence-corrected chi connectivity index (χ1v) is 6.64. The molecule has 4 nitrogen and oxygen atoms in total. The van der Waals surface area contributed by atoms with Gasteiger partial charge in [0.2, 0.25) is 0 Å². The molecule has 1 heterocycles. The molecule has 0 saturated carbocycles. The molecule has 0 aromatic carbocycles. The molecule has 1 rings (SSSR count). The number of hydrogen-bond acceptors (Lipinski definition) is 4. The molecule has 0 bridgehead atoms. The lowest BCUT2D eigenvalue weighted by Gasteiger charge is -2.09. The Hall–Kier alpha value is -1.23. The van der Waals surface area contributed by atoms with Crippen LogP contribution >= 0.6 is 11.8 Å². The summed E-state index contributed by atoms with van der Waals surface area (Å²) in [6.07, 6.45) is 5.32. The molecule has 2 N–H and O–H groups in total. The minimum absolute atomic E-state index is 0.0487. The number of thioether (sulfide) groups is 1. The van der Waals surface area contributed by atoms with Gasteiger partial charge < -0.3 is 10.6 Å². The van der Waals surface area contributed by atoms with Crippen LogP contribution in [0.4, 0.5) is 5.69 Å². The summed E-state index contributed by atoms with van der Waals surface area (Å²) in [5, 5.41) is 5.99. The van der Waals surface area contributed by atoms with Crippen LogP contribution in [0.15, 0.2) is 18.5 Å². The van der Waals surface area contributed by atoms with Gasteiger partial charge in [-0.2, -0.15) is 11.8 Å². The summed E-state index contributed by atoms with van der Waals surface area (Å²) in [6, 6.07) is 1.73. The highest BCUT2D eigenvalue weighted by atomic mass is 32.2. The normalized spacial score (nSPS) is 9.88. The van der Waals surface area contributed by atoms with Gasteiger partial charge in [-0.05, 0) is 19.2 Å². The predicted octanol–water partition coefficient (Wildman–Crippen LogP) is 1.61. The standard InChI is InChI=1S/C11H17N3OS/c1-3-13-10-8-12-5-4-9(10)11(15)14-6-7-16-2/h4-5,8,13H,3,6-7H2,1-2H3,(H,14,15). The summed E-state index contributed by atoms with van der Waals surface area (Å²) in [5.74, 6) is 0.875. The van der Waals surface area contributed by atoms with Crippen LogP contribution in [0.5, 0.6) is 0 Å². The van der Waals surface area contributed by atoms with E-state index in [4.69, 9.17) is 0 Å². The molecule has 0 aliphatic carbocycles. The minimum Gasteiger partial charge on any atom is -0.383 e. The zero-order chi connectivity index (χ0) is 11.8. The van der Waals surface area contributed by atoms with E-state index in [1.165, 1.54) is 0 Å². The van der Waals surface area contributed by atoms with Gasteiger partial charge >= 0.3 is 0 Å². The van der Waals surface area contributed by atoms with Crippen LogP contribution in [0.3, 0.4) is 0 Å². The highest BCUT2D eigenvalue weighted by molar-refractivity contribution is 7.98. The smallest absolute Gasteiger partial charge is 0.253 e. The molecular formula is C11H17N3OS. The number of hydrogen-bond donors (Lipinski definition) is 2. The molecular weight excluding hydrogens is 222 g/mol. The van der Waals surface area contributed by atoms with E-state index in [0.717, 1.165) is 18.0 Å². The maximum absolute atomic E-state index is 11.8. The zero-order valence-corrected chi connectivity index (χ0v) is 10.4. The fraction of sp³-hybridized carbons (Fsp3) is 0.455. The number of carbonyl (C=O) groups excluding carboxylic acids is 1. The van der Waals surface area contributed by atoms with Crippen molar-refractivity contribution in [2.24, 2.45) is 0 Å². The van der Waals surface area contributed by atoms with Gasteiger partial charge in [-0.25, -0.2) is 0 Å². The van der Waals surface area contributed by atoms with Gasteiger partial charge in [0.25, 0.3) is 5.91 Å². The van der Waals surface area contributed by atoms with Gasteiger partial charge in [0.1, 0.15) is 0 Å². The lowest BCUT2D eigenvalue weighted by molar-refractivity contribution is 0.0957. The lowest BCUT2D eigenvalue weighted by Crippen LogP contribution is -2.26. The van der Waals surface area contributed by atoms with Gasteiger partial charge in [0, 0.05) is 25.0 Å². The van der Waals surface area contributed by atoms with Crippen molar-refractivity contribution in [3.05, 3.63) is 24.0 Å². The first-order valence-electron chi connectivity index (χ1n) is 5.24. The van der Waals surface area contributed by atoms with Crippen molar-refractivity contribution in [3.8, 4) is 0 Å². The number of anilines is 1. The summed E-state index contributed by atoms with van der Waals surface area (Å²) in [5.41, 5.74) is 1.43. The van der Waals surface area contributed by atoms with E-state index in [1.807, 2.05) is 13.2 Å². The Morgan fingerprint density at radius 2 is 2.38 bits per heavy atom. The molecule has 0 radical (unpaired) electrons. The number of rotatable bonds is 6. The fourth-order valence-corrected chi connectivity index (χ4v) is 1.59. The monoisotopic (exact) mass is 239 g/mol. The SMILES string of the molecule is CCNc1cnccc1C(=O)NCCSC. The van der Waals surface area contributed by atoms with Crippen molar-refractivity contribution < 1.29 is 4.79 Å². The van der Waals surface area contributed by atoms with Crippen molar-refractivity contribution in [3.63, 3.8) is 0 Å². The Labute approximate surface area is 100 Å². The predicted molar refractivity (Wildman–Crippen MR) is 69.1 cm³/mol. The molecule has 16 heavy (non-hydrogen) atoms. The maximum atomic E-state index is 11.8. The van der Waals surface area contributed by atoms with Crippen LogP contribution in [0.2, 0.25) is 0 Å². The summed E-state index contributed by atoms with van der Waals surface area (Å²) in [7, 11) is 0. The molecule has 1 aromatic heterocycles. The van der Waals surface area contributed by atoms with Crippen LogP contribution in [0, 0.1) is 0 Å². The zero-order valence-electron chi connectivity index (χ0n) is 9.62. The number of pyridine rings is 1. The Morgan fingerprint density at radius 1 is 1.56 bits per heavy atom. The molecule has 1 aromatic rings. The van der Waals surface area contributed by atoms with Gasteiger partial charge in [0.05, 0.1) is 17.4 Å². The maximum Gasteiger partial charge on any atom is 0.253 e. The van der Waals surface area contributed by atoms with Crippen molar-refractivity contribution in [2.45, 2.75) is 6.92 Å². The Balaban J connectivity index is 2.66. The average Bonchev–Trinajstić information content (AvgIpc) is 2.30. The Kier molecular flexibility index (Phi) is 5.71. The van der Waals surface area contributed by atoms with Crippen molar-refractivity contribution in [1.29, 1.82) is 0 Å². The number of amides is 1. The second-order valence-corrected chi connectivity index (χ2v) is 4.19. The van der Waals surface area contributed by atoms with Gasteiger partial charge in [-0.3, -0.25) is 9.78 Å². The molecule has 5 heteroatoms. The number of nitrogens with one attached hydrogen (secondary N) is 2.